The largest absolute Gasteiger partial charge is 0.456 e. The van der Waals surface area contributed by atoms with Crippen molar-refractivity contribution in [3.05, 3.63) is 170 Å². The van der Waals surface area contributed by atoms with E-state index in [9.17, 15) is 2.74 Å². The number of hydrogen-bond donors (Lipinski definition) is 0. The molecule has 0 saturated carbocycles. The Morgan fingerprint density at radius 3 is 1.49 bits per heavy atom. The molecule has 0 saturated heterocycles. The van der Waals surface area contributed by atoms with Gasteiger partial charge < -0.3 is 4.42 Å². The first-order valence-corrected chi connectivity index (χ1v) is 15.1. The van der Waals surface area contributed by atoms with Gasteiger partial charge in [-0.05, 0) is 84.2 Å². The SMILES string of the molecule is [2H]c1c([2H])c(-c2ccccc2)c([2H])c(-c2c3ccccc3c(-c3cccc4oc5cccc(-c6ccccc6)c5c34)c3ccccc23)c1[2H]. The molecule has 9 aromatic rings. The van der Waals surface area contributed by atoms with E-state index in [2.05, 4.69) is 48.5 Å². The van der Waals surface area contributed by atoms with Crippen molar-refractivity contribution in [2.45, 2.75) is 0 Å². The third-order valence-corrected chi connectivity index (χ3v) is 8.75. The summed E-state index contributed by atoms with van der Waals surface area (Å²) in [5.74, 6) is 0. The lowest BCUT2D eigenvalue weighted by Crippen LogP contribution is -1.92. The maximum Gasteiger partial charge on any atom is 0.136 e. The fraction of sp³-hybridized carbons (Fsp3) is 0. The van der Waals surface area contributed by atoms with Crippen LogP contribution < -0.4 is 0 Å². The van der Waals surface area contributed by atoms with E-state index in [1.165, 1.54) is 0 Å². The number of benzene rings is 8. The Morgan fingerprint density at radius 2 is 0.867 bits per heavy atom. The molecule has 0 bridgehead atoms. The van der Waals surface area contributed by atoms with E-state index < -0.39 is 0 Å². The highest BCUT2D eigenvalue weighted by Gasteiger charge is 2.21. The molecule has 0 unspecified atom stereocenters. The van der Waals surface area contributed by atoms with Gasteiger partial charge in [-0.2, -0.15) is 0 Å². The van der Waals surface area contributed by atoms with Gasteiger partial charge in [0.2, 0.25) is 0 Å². The summed E-state index contributed by atoms with van der Waals surface area (Å²) >= 11 is 0. The Kier molecular flexibility index (Phi) is 5.00. The number of hydrogen-bond acceptors (Lipinski definition) is 1. The first-order valence-electron chi connectivity index (χ1n) is 17.1. The maximum absolute atomic E-state index is 9.52. The first-order chi connectivity index (χ1) is 24.0. The minimum Gasteiger partial charge on any atom is -0.456 e. The third-order valence-electron chi connectivity index (χ3n) is 8.75. The van der Waals surface area contributed by atoms with Gasteiger partial charge in [0.05, 0.1) is 5.48 Å². The second-order valence-corrected chi connectivity index (χ2v) is 11.3. The molecule has 8 aromatic carbocycles. The van der Waals surface area contributed by atoms with Crippen molar-refractivity contribution in [1.82, 2.24) is 0 Å². The lowest BCUT2D eigenvalue weighted by atomic mass is 9.84. The Morgan fingerprint density at radius 1 is 0.378 bits per heavy atom. The highest BCUT2D eigenvalue weighted by atomic mass is 16.3. The van der Waals surface area contributed by atoms with Crippen LogP contribution in [-0.4, -0.2) is 0 Å². The average molecular weight is 577 g/mol. The molecule has 210 valence electrons. The van der Waals surface area contributed by atoms with E-state index in [0.29, 0.717) is 16.7 Å². The van der Waals surface area contributed by atoms with Gasteiger partial charge in [0.25, 0.3) is 0 Å². The van der Waals surface area contributed by atoms with Crippen LogP contribution in [0.5, 0.6) is 0 Å². The highest BCUT2D eigenvalue weighted by molar-refractivity contribution is 6.27. The van der Waals surface area contributed by atoms with Gasteiger partial charge in [-0.1, -0.05) is 152 Å². The first kappa shape index (κ1) is 21.7. The molecule has 9 rings (SSSR count). The molecular formula is C44H28O. The molecule has 0 aliphatic heterocycles. The summed E-state index contributed by atoms with van der Waals surface area (Å²) in [6, 6.07) is 48.1. The molecular weight excluding hydrogens is 544 g/mol. The van der Waals surface area contributed by atoms with Crippen LogP contribution in [0.3, 0.4) is 0 Å². The molecule has 0 radical (unpaired) electrons. The zero-order valence-corrected chi connectivity index (χ0v) is 24.3. The van der Waals surface area contributed by atoms with E-state index in [1.807, 2.05) is 97.1 Å². The molecule has 0 aliphatic rings. The number of rotatable bonds is 4. The lowest BCUT2D eigenvalue weighted by Gasteiger charge is -2.19. The molecule has 1 aromatic heterocycles. The molecule has 0 spiro atoms. The maximum atomic E-state index is 9.52. The standard InChI is InChI=1S/C44H28O/c1-3-14-29(15-4-1)31-18-11-19-32(28-31)41-34-20-7-9-22-36(34)42(37-23-10-8-21-35(37)41)38-25-13-27-40-44(38)43-33(24-12-26-39(43)45-40)30-16-5-2-6-17-30/h1-28H/i11D,18D,19D,28D. The molecule has 1 nitrogen and oxygen atoms in total. The smallest absolute Gasteiger partial charge is 0.136 e. The molecule has 0 atom stereocenters. The van der Waals surface area contributed by atoms with Crippen LogP contribution in [0.15, 0.2) is 174 Å². The van der Waals surface area contributed by atoms with Gasteiger partial charge in [-0.25, -0.2) is 0 Å². The van der Waals surface area contributed by atoms with E-state index >= 15 is 0 Å². The zero-order valence-electron chi connectivity index (χ0n) is 28.3. The van der Waals surface area contributed by atoms with E-state index in [0.717, 1.165) is 71.3 Å². The summed E-state index contributed by atoms with van der Waals surface area (Å²) in [6.45, 7) is 0. The van der Waals surface area contributed by atoms with Gasteiger partial charge >= 0.3 is 0 Å². The van der Waals surface area contributed by atoms with Crippen molar-refractivity contribution >= 4 is 43.5 Å². The molecule has 1 heteroatoms. The monoisotopic (exact) mass is 576 g/mol. The Balaban J connectivity index is 1.43. The molecule has 0 amide bonds. The summed E-state index contributed by atoms with van der Waals surface area (Å²) in [5, 5.41) is 5.77. The minimum absolute atomic E-state index is 0.0793. The van der Waals surface area contributed by atoms with E-state index in [-0.39, 0.29) is 24.2 Å². The van der Waals surface area contributed by atoms with Crippen LogP contribution in [0.4, 0.5) is 0 Å². The van der Waals surface area contributed by atoms with E-state index in [4.69, 9.17) is 7.16 Å². The van der Waals surface area contributed by atoms with Crippen LogP contribution in [0, 0.1) is 0 Å². The predicted octanol–water partition coefficient (Wildman–Crippen LogP) is 12.6. The molecule has 0 fully saturated rings. The zero-order chi connectivity index (χ0) is 33.2. The number of fused-ring (bicyclic) bond motifs is 5. The van der Waals surface area contributed by atoms with Crippen LogP contribution in [0.25, 0.3) is 88.0 Å². The van der Waals surface area contributed by atoms with Gasteiger partial charge in [0.1, 0.15) is 11.2 Å². The van der Waals surface area contributed by atoms with Crippen LogP contribution in [-0.2, 0) is 0 Å². The normalized spacial score (nSPS) is 12.8. The summed E-state index contributed by atoms with van der Waals surface area (Å²) in [5.41, 5.74) is 8.02. The van der Waals surface area contributed by atoms with Crippen LogP contribution >= 0.6 is 0 Å². The van der Waals surface area contributed by atoms with Crippen molar-refractivity contribution in [3.63, 3.8) is 0 Å². The Hall–Kier alpha value is -5.92. The molecule has 45 heavy (non-hydrogen) atoms. The second kappa shape index (κ2) is 10.4. The predicted molar refractivity (Wildman–Crippen MR) is 190 cm³/mol. The fourth-order valence-electron chi connectivity index (χ4n) is 6.84. The highest BCUT2D eigenvalue weighted by Crippen LogP contribution is 2.48. The van der Waals surface area contributed by atoms with Gasteiger partial charge in [0.15, 0.2) is 0 Å². The van der Waals surface area contributed by atoms with Crippen molar-refractivity contribution in [3.8, 4) is 44.5 Å². The quantitative estimate of drug-likeness (QED) is 0.190. The summed E-state index contributed by atoms with van der Waals surface area (Å²) in [7, 11) is 0. The fourth-order valence-corrected chi connectivity index (χ4v) is 6.84. The Labute approximate surface area is 267 Å². The third kappa shape index (κ3) is 4.09. The topological polar surface area (TPSA) is 13.1 Å². The van der Waals surface area contributed by atoms with Crippen LogP contribution in [0.2, 0.25) is 0 Å². The summed E-state index contributed by atoms with van der Waals surface area (Å²) in [4.78, 5) is 0. The lowest BCUT2D eigenvalue weighted by molar-refractivity contribution is 0.669. The van der Waals surface area contributed by atoms with Crippen molar-refractivity contribution in [2.75, 3.05) is 0 Å². The summed E-state index contributed by atoms with van der Waals surface area (Å²) < 4.78 is 42.9. The minimum atomic E-state index is -0.190. The van der Waals surface area contributed by atoms with Crippen LogP contribution in [0.1, 0.15) is 5.48 Å². The second-order valence-electron chi connectivity index (χ2n) is 11.3. The van der Waals surface area contributed by atoms with Crippen molar-refractivity contribution in [2.24, 2.45) is 0 Å². The van der Waals surface area contributed by atoms with Crippen molar-refractivity contribution < 1.29 is 9.90 Å². The molecule has 0 N–H and O–H groups in total. The van der Waals surface area contributed by atoms with Gasteiger partial charge in [-0.3, -0.25) is 0 Å². The van der Waals surface area contributed by atoms with E-state index in [1.54, 1.807) is 0 Å². The Bertz CT molecular complexity index is 2690. The van der Waals surface area contributed by atoms with Gasteiger partial charge in [-0.15, -0.1) is 0 Å². The molecule has 0 aliphatic carbocycles. The van der Waals surface area contributed by atoms with Crippen molar-refractivity contribution in [1.29, 1.82) is 0 Å². The summed E-state index contributed by atoms with van der Waals surface area (Å²) in [6.07, 6.45) is 0. The average Bonchev–Trinajstić information content (AvgIpc) is 3.54. The van der Waals surface area contributed by atoms with Gasteiger partial charge in [0, 0.05) is 10.8 Å². The molecule has 1 heterocycles. The number of furan rings is 1.